The quantitative estimate of drug-likeness (QED) is 0.847. The molecular formula is C17H24ClN3O3. The lowest BCUT2D eigenvalue weighted by Gasteiger charge is -2.21. The number of primary amides is 1. The van der Waals surface area contributed by atoms with E-state index in [9.17, 15) is 9.59 Å². The number of fused-ring (bicyclic) bond motifs is 1. The van der Waals surface area contributed by atoms with Crippen LogP contribution >= 0.6 is 12.4 Å². The third-order valence-corrected chi connectivity index (χ3v) is 4.77. The zero-order valence-electron chi connectivity index (χ0n) is 13.6. The first-order valence-corrected chi connectivity index (χ1v) is 8.14. The van der Waals surface area contributed by atoms with E-state index in [1.54, 1.807) is 24.3 Å². The SMILES string of the molecule is Cl.NC(=O)COc1cccc(C(=O)N2CC[C@@H]3CNC[C@@H]3CC2)c1. The Bertz CT molecular complexity index is 582. The molecule has 0 saturated carbocycles. The second-order valence-electron chi connectivity index (χ2n) is 6.33. The van der Waals surface area contributed by atoms with E-state index in [1.165, 1.54) is 0 Å². The molecule has 2 saturated heterocycles. The van der Waals surface area contributed by atoms with Crippen LogP contribution < -0.4 is 15.8 Å². The molecular weight excluding hydrogens is 330 g/mol. The van der Waals surface area contributed by atoms with Gasteiger partial charge in [-0.2, -0.15) is 0 Å². The van der Waals surface area contributed by atoms with Crippen molar-refractivity contribution in [2.45, 2.75) is 12.8 Å². The highest BCUT2D eigenvalue weighted by Crippen LogP contribution is 2.28. The lowest BCUT2D eigenvalue weighted by Crippen LogP contribution is -2.32. The van der Waals surface area contributed by atoms with Crippen molar-refractivity contribution in [3.8, 4) is 5.75 Å². The minimum atomic E-state index is -0.533. The van der Waals surface area contributed by atoms with Gasteiger partial charge in [-0.1, -0.05) is 6.07 Å². The summed E-state index contributed by atoms with van der Waals surface area (Å²) in [4.78, 5) is 25.5. The number of nitrogens with zero attached hydrogens (tertiary/aromatic N) is 1. The van der Waals surface area contributed by atoms with Crippen molar-refractivity contribution < 1.29 is 14.3 Å². The van der Waals surface area contributed by atoms with Crippen LogP contribution in [-0.4, -0.2) is 49.5 Å². The van der Waals surface area contributed by atoms with Gasteiger partial charge in [0.25, 0.3) is 11.8 Å². The Morgan fingerprint density at radius 3 is 2.50 bits per heavy atom. The number of benzene rings is 1. The predicted octanol–water partition coefficient (Wildman–Crippen LogP) is 1.04. The molecule has 1 aromatic rings. The molecule has 0 spiro atoms. The Hall–Kier alpha value is -1.79. The average molecular weight is 354 g/mol. The van der Waals surface area contributed by atoms with E-state index in [2.05, 4.69) is 5.32 Å². The molecule has 0 bridgehead atoms. The van der Waals surface area contributed by atoms with Crippen LogP contribution in [0.15, 0.2) is 24.3 Å². The number of carbonyl (C=O) groups is 2. The number of hydrogen-bond donors (Lipinski definition) is 2. The summed E-state index contributed by atoms with van der Waals surface area (Å²) < 4.78 is 5.28. The highest BCUT2D eigenvalue weighted by Gasteiger charge is 2.31. The molecule has 2 amide bonds. The summed E-state index contributed by atoms with van der Waals surface area (Å²) in [6.07, 6.45) is 2.11. The van der Waals surface area contributed by atoms with Gasteiger partial charge in [0.1, 0.15) is 5.75 Å². The maximum atomic E-state index is 12.7. The molecule has 2 atom stereocenters. The van der Waals surface area contributed by atoms with Crippen molar-refractivity contribution in [1.82, 2.24) is 10.2 Å². The van der Waals surface area contributed by atoms with Crippen molar-refractivity contribution in [2.75, 3.05) is 32.8 Å². The van der Waals surface area contributed by atoms with Crippen molar-refractivity contribution in [2.24, 2.45) is 17.6 Å². The van der Waals surface area contributed by atoms with E-state index >= 15 is 0 Å². The predicted molar refractivity (Wildman–Crippen MR) is 93.4 cm³/mol. The van der Waals surface area contributed by atoms with Gasteiger partial charge in [0.05, 0.1) is 0 Å². The van der Waals surface area contributed by atoms with Crippen molar-refractivity contribution in [3.63, 3.8) is 0 Å². The van der Waals surface area contributed by atoms with Crippen LogP contribution in [0.25, 0.3) is 0 Å². The summed E-state index contributed by atoms with van der Waals surface area (Å²) in [5, 5.41) is 3.44. The van der Waals surface area contributed by atoms with E-state index in [1.807, 2.05) is 4.90 Å². The fraction of sp³-hybridized carbons (Fsp3) is 0.529. The molecule has 0 radical (unpaired) electrons. The number of carbonyl (C=O) groups excluding carboxylic acids is 2. The maximum Gasteiger partial charge on any atom is 0.255 e. The molecule has 0 aliphatic carbocycles. The molecule has 132 valence electrons. The normalized spacial score (nSPS) is 22.9. The van der Waals surface area contributed by atoms with Crippen LogP contribution in [0.5, 0.6) is 5.75 Å². The Morgan fingerprint density at radius 2 is 1.88 bits per heavy atom. The maximum absolute atomic E-state index is 12.7. The highest BCUT2D eigenvalue weighted by atomic mass is 35.5. The second kappa shape index (κ2) is 8.35. The van der Waals surface area contributed by atoms with Crippen LogP contribution in [0, 0.1) is 11.8 Å². The summed E-state index contributed by atoms with van der Waals surface area (Å²) in [5.74, 6) is 1.37. The van der Waals surface area contributed by atoms with Gasteiger partial charge in [0, 0.05) is 18.7 Å². The zero-order valence-corrected chi connectivity index (χ0v) is 14.4. The standard InChI is InChI=1S/C17H23N3O3.ClH/c18-16(21)11-23-15-3-1-2-12(8-15)17(22)20-6-4-13-9-19-10-14(13)5-7-20;/h1-3,8,13-14,19H,4-7,9-11H2,(H2,18,21);1H/t13-,14+;. The van der Waals surface area contributed by atoms with E-state index in [-0.39, 0.29) is 24.9 Å². The van der Waals surface area contributed by atoms with Gasteiger partial charge in [0.15, 0.2) is 6.61 Å². The number of halogens is 1. The van der Waals surface area contributed by atoms with E-state index < -0.39 is 5.91 Å². The first-order valence-electron chi connectivity index (χ1n) is 8.14. The molecule has 6 nitrogen and oxygen atoms in total. The van der Waals surface area contributed by atoms with Crippen LogP contribution in [0.2, 0.25) is 0 Å². The molecule has 2 aliphatic rings. The van der Waals surface area contributed by atoms with Gasteiger partial charge in [-0.25, -0.2) is 0 Å². The van der Waals surface area contributed by atoms with Gasteiger partial charge in [0.2, 0.25) is 0 Å². The van der Waals surface area contributed by atoms with Gasteiger partial charge < -0.3 is 20.7 Å². The summed E-state index contributed by atoms with van der Waals surface area (Å²) in [6, 6.07) is 6.95. The largest absolute Gasteiger partial charge is 0.484 e. The van der Waals surface area contributed by atoms with Crippen molar-refractivity contribution in [1.29, 1.82) is 0 Å². The fourth-order valence-electron chi connectivity index (χ4n) is 3.48. The van der Waals surface area contributed by atoms with Crippen LogP contribution in [0.4, 0.5) is 0 Å². The molecule has 2 fully saturated rings. The molecule has 2 heterocycles. The summed E-state index contributed by atoms with van der Waals surface area (Å²) in [5.41, 5.74) is 5.67. The molecule has 3 rings (SSSR count). The second-order valence-corrected chi connectivity index (χ2v) is 6.33. The smallest absolute Gasteiger partial charge is 0.255 e. The first-order chi connectivity index (χ1) is 11.1. The Morgan fingerprint density at radius 1 is 1.21 bits per heavy atom. The highest BCUT2D eigenvalue weighted by molar-refractivity contribution is 5.94. The van der Waals surface area contributed by atoms with Crippen LogP contribution in [0.3, 0.4) is 0 Å². The Labute approximate surface area is 148 Å². The minimum Gasteiger partial charge on any atom is -0.484 e. The molecule has 7 heteroatoms. The number of nitrogens with one attached hydrogen (secondary N) is 1. The van der Waals surface area contributed by atoms with Gasteiger partial charge >= 0.3 is 0 Å². The zero-order chi connectivity index (χ0) is 16.2. The van der Waals surface area contributed by atoms with Gasteiger partial charge in [-0.3, -0.25) is 9.59 Å². The number of likely N-dealkylation sites (tertiary alicyclic amines) is 1. The third-order valence-electron chi connectivity index (χ3n) is 4.77. The third kappa shape index (κ3) is 4.39. The summed E-state index contributed by atoms with van der Waals surface area (Å²) >= 11 is 0. The number of ether oxygens (including phenoxy) is 1. The van der Waals surface area contributed by atoms with Crippen LogP contribution in [0.1, 0.15) is 23.2 Å². The van der Waals surface area contributed by atoms with Crippen molar-refractivity contribution >= 4 is 24.2 Å². The Balaban J connectivity index is 0.00000208. The lowest BCUT2D eigenvalue weighted by atomic mass is 9.92. The molecule has 0 unspecified atom stereocenters. The number of nitrogens with two attached hydrogens (primary N) is 1. The number of amides is 2. The Kier molecular flexibility index (Phi) is 6.45. The summed E-state index contributed by atoms with van der Waals surface area (Å²) in [6.45, 7) is 3.56. The first kappa shape index (κ1) is 18.5. The number of rotatable bonds is 4. The molecule has 0 aromatic heterocycles. The van der Waals surface area contributed by atoms with Crippen molar-refractivity contribution in [3.05, 3.63) is 29.8 Å². The topological polar surface area (TPSA) is 84.7 Å². The van der Waals surface area contributed by atoms with E-state index in [0.717, 1.165) is 39.0 Å². The molecule has 3 N–H and O–H groups in total. The minimum absolute atomic E-state index is 0. The fourth-order valence-corrected chi connectivity index (χ4v) is 3.48. The molecule has 24 heavy (non-hydrogen) atoms. The van der Waals surface area contributed by atoms with E-state index in [4.69, 9.17) is 10.5 Å². The summed E-state index contributed by atoms with van der Waals surface area (Å²) in [7, 11) is 0. The van der Waals surface area contributed by atoms with Gasteiger partial charge in [-0.15, -0.1) is 12.4 Å². The van der Waals surface area contributed by atoms with E-state index in [0.29, 0.717) is 23.1 Å². The van der Waals surface area contributed by atoms with Crippen LogP contribution in [-0.2, 0) is 4.79 Å². The molecule has 1 aromatic carbocycles. The monoisotopic (exact) mass is 353 g/mol. The lowest BCUT2D eigenvalue weighted by molar-refractivity contribution is -0.119. The molecule has 2 aliphatic heterocycles. The average Bonchev–Trinajstić information content (AvgIpc) is 2.91. The number of hydrogen-bond acceptors (Lipinski definition) is 4. The van der Waals surface area contributed by atoms with Gasteiger partial charge in [-0.05, 0) is 56.0 Å².